The smallest absolute Gasteiger partial charge is 0.336 e. The third-order valence-corrected chi connectivity index (χ3v) is 3.80. The minimum absolute atomic E-state index is 0.0327. The van der Waals surface area contributed by atoms with Gasteiger partial charge in [-0.1, -0.05) is 0 Å². The molecule has 1 heterocycles. The molecule has 2 atom stereocenters. The van der Waals surface area contributed by atoms with Crippen LogP contribution in [0.5, 0.6) is 5.75 Å². The van der Waals surface area contributed by atoms with E-state index in [0.29, 0.717) is 11.3 Å². The third-order valence-electron chi connectivity index (χ3n) is 3.80. The van der Waals surface area contributed by atoms with E-state index in [1.807, 2.05) is 12.1 Å². The fraction of sp³-hybridized carbons (Fsp3) is 0.333. The number of carbonyl (C=O) groups excluding carboxylic acids is 1. The third kappa shape index (κ3) is 7.46. The van der Waals surface area contributed by atoms with Crippen molar-refractivity contribution in [2.75, 3.05) is 13.7 Å². The van der Waals surface area contributed by atoms with Gasteiger partial charge in [0, 0.05) is 30.0 Å². The quantitative estimate of drug-likeness (QED) is 0.251. The monoisotopic (exact) mass is 392 g/mol. The van der Waals surface area contributed by atoms with Crippen molar-refractivity contribution in [1.82, 2.24) is 5.32 Å². The first-order chi connectivity index (χ1) is 13.1. The van der Waals surface area contributed by atoms with Crippen molar-refractivity contribution in [3.05, 3.63) is 40.8 Å². The summed E-state index contributed by atoms with van der Waals surface area (Å²) in [5, 5.41) is 18.8. The molecule has 1 aromatic carbocycles. The van der Waals surface area contributed by atoms with Gasteiger partial charge in [0.1, 0.15) is 23.2 Å². The molecule has 0 amide bonds. The molecule has 0 spiro atoms. The number of fused-ring (bicyclic) bond motifs is 1. The maximum absolute atomic E-state index is 11.1. The summed E-state index contributed by atoms with van der Waals surface area (Å²) in [6, 6.07) is 7.40. The molecule has 0 aliphatic rings. The van der Waals surface area contributed by atoms with Gasteiger partial charge in [-0.15, -0.1) is 0 Å². The van der Waals surface area contributed by atoms with Crippen LogP contribution >= 0.6 is 0 Å². The van der Waals surface area contributed by atoms with Crippen LogP contribution in [0.3, 0.4) is 0 Å². The van der Waals surface area contributed by atoms with Crippen molar-refractivity contribution in [2.24, 2.45) is 17.4 Å². The molecule has 2 rings (SSSR count). The number of ether oxygens (including phenoxy) is 1. The summed E-state index contributed by atoms with van der Waals surface area (Å²) in [5.41, 5.74) is 10.5. The Balaban J connectivity index is 0.000000281. The standard InChI is InChI=1S/C10H8O3.C8H16N4O3/c1-12-8-4-2-7-3-5-10(11)13-9(7)6-8;1-4(13)5(3-12-8(10)11)2-6(9)7(14)15/h2-6H,1H3;5-6H,2-3,9H2,1H3,(H,14,15)(H4,10,11,12)/t;5?,6-/m.0/s1. The number of benzene rings is 1. The SMILES string of the molecule is CC(=O)C(CNC(=N)N)C[C@H](N)C(=O)O.COc1ccc2ccc(=O)oc2c1. The lowest BCUT2D eigenvalue weighted by Gasteiger charge is -2.16. The summed E-state index contributed by atoms with van der Waals surface area (Å²) in [6.45, 7) is 1.48. The molecule has 0 bridgehead atoms. The number of methoxy groups -OCH3 is 1. The number of rotatable bonds is 7. The van der Waals surface area contributed by atoms with Crippen LogP contribution in [0.15, 0.2) is 39.5 Å². The maximum atomic E-state index is 11.1. The molecule has 10 nitrogen and oxygen atoms in total. The number of guanidine groups is 1. The van der Waals surface area contributed by atoms with Crippen molar-refractivity contribution in [2.45, 2.75) is 19.4 Å². The molecule has 2 aromatic rings. The number of carboxylic acid groups (broad SMARTS) is 1. The van der Waals surface area contributed by atoms with Crippen molar-refractivity contribution >= 4 is 28.7 Å². The zero-order chi connectivity index (χ0) is 21.3. The first-order valence-electron chi connectivity index (χ1n) is 8.28. The highest BCUT2D eigenvalue weighted by molar-refractivity contribution is 5.81. The lowest BCUT2D eigenvalue weighted by molar-refractivity contribution is -0.139. The fourth-order valence-electron chi connectivity index (χ4n) is 2.20. The van der Waals surface area contributed by atoms with Crippen LogP contribution in [0.2, 0.25) is 0 Å². The van der Waals surface area contributed by atoms with Crippen LogP contribution in [-0.2, 0) is 9.59 Å². The molecular weight excluding hydrogens is 368 g/mol. The predicted octanol–water partition coefficient (Wildman–Crippen LogP) is 0.278. The van der Waals surface area contributed by atoms with Gasteiger partial charge in [-0.2, -0.15) is 0 Å². The number of ketones is 1. The molecule has 0 aliphatic carbocycles. The van der Waals surface area contributed by atoms with Crippen molar-refractivity contribution < 1.29 is 23.8 Å². The second-order valence-electron chi connectivity index (χ2n) is 5.94. The second kappa shape index (κ2) is 10.7. The minimum atomic E-state index is -1.15. The van der Waals surface area contributed by atoms with Crippen LogP contribution in [0.4, 0.5) is 0 Å². The van der Waals surface area contributed by atoms with Crippen LogP contribution in [-0.4, -0.2) is 42.5 Å². The van der Waals surface area contributed by atoms with Gasteiger partial charge in [0.25, 0.3) is 0 Å². The maximum Gasteiger partial charge on any atom is 0.336 e. The Hall–Kier alpha value is -3.40. The van der Waals surface area contributed by atoms with Gasteiger partial charge in [0.15, 0.2) is 5.96 Å². The average Bonchev–Trinajstić information content (AvgIpc) is 2.64. The molecular formula is C18H24N4O6. The van der Waals surface area contributed by atoms with Crippen LogP contribution in [0, 0.1) is 11.3 Å². The summed E-state index contributed by atoms with van der Waals surface area (Å²) in [7, 11) is 1.57. The second-order valence-corrected chi connectivity index (χ2v) is 5.94. The number of carboxylic acids is 1. The lowest BCUT2D eigenvalue weighted by Crippen LogP contribution is -2.40. The van der Waals surface area contributed by atoms with E-state index < -0.39 is 17.9 Å². The largest absolute Gasteiger partial charge is 0.497 e. The van der Waals surface area contributed by atoms with E-state index in [1.54, 1.807) is 19.2 Å². The van der Waals surface area contributed by atoms with E-state index in [0.717, 1.165) is 5.39 Å². The summed E-state index contributed by atoms with van der Waals surface area (Å²) >= 11 is 0. The number of hydrogen-bond acceptors (Lipinski definition) is 7. The Morgan fingerprint density at radius 3 is 2.50 bits per heavy atom. The van der Waals surface area contributed by atoms with E-state index in [-0.39, 0.29) is 30.3 Å². The summed E-state index contributed by atoms with van der Waals surface area (Å²) < 4.78 is 9.97. The number of aliphatic carboxylic acids is 1. The highest BCUT2D eigenvalue weighted by Gasteiger charge is 2.21. The number of nitrogens with one attached hydrogen (secondary N) is 2. The van der Waals surface area contributed by atoms with Gasteiger partial charge in [-0.25, -0.2) is 4.79 Å². The number of hydrogen-bond donors (Lipinski definition) is 5. The van der Waals surface area contributed by atoms with Crippen LogP contribution in [0.25, 0.3) is 11.0 Å². The first-order valence-corrected chi connectivity index (χ1v) is 8.28. The highest BCUT2D eigenvalue weighted by Crippen LogP contribution is 2.18. The number of nitrogens with two attached hydrogens (primary N) is 2. The molecule has 152 valence electrons. The van der Waals surface area contributed by atoms with Gasteiger partial charge >= 0.3 is 11.6 Å². The van der Waals surface area contributed by atoms with Crippen molar-refractivity contribution in [1.29, 1.82) is 5.41 Å². The molecule has 0 saturated carbocycles. The molecule has 0 radical (unpaired) electrons. The van der Waals surface area contributed by atoms with Crippen LogP contribution < -0.4 is 27.1 Å². The van der Waals surface area contributed by atoms with Gasteiger partial charge in [0.05, 0.1) is 7.11 Å². The Kier molecular flexibility index (Phi) is 8.63. The van der Waals surface area contributed by atoms with Gasteiger partial charge in [-0.05, 0) is 31.5 Å². The lowest BCUT2D eigenvalue weighted by atomic mass is 9.96. The first kappa shape index (κ1) is 22.6. The van der Waals surface area contributed by atoms with Gasteiger partial charge in [-0.3, -0.25) is 15.0 Å². The van der Waals surface area contributed by atoms with Gasteiger partial charge in [0.2, 0.25) is 0 Å². The normalized spacial score (nSPS) is 12.2. The van der Waals surface area contributed by atoms with E-state index >= 15 is 0 Å². The molecule has 0 aliphatic heterocycles. The molecule has 28 heavy (non-hydrogen) atoms. The summed E-state index contributed by atoms with van der Waals surface area (Å²) in [6.07, 6.45) is 0.0327. The Morgan fingerprint density at radius 1 is 1.32 bits per heavy atom. The predicted molar refractivity (Wildman–Crippen MR) is 103 cm³/mol. The molecule has 0 saturated heterocycles. The summed E-state index contributed by atoms with van der Waals surface area (Å²) in [4.78, 5) is 32.5. The van der Waals surface area contributed by atoms with Crippen molar-refractivity contribution in [3.63, 3.8) is 0 Å². The van der Waals surface area contributed by atoms with E-state index in [2.05, 4.69) is 5.32 Å². The Morgan fingerprint density at radius 2 is 1.96 bits per heavy atom. The number of carbonyl (C=O) groups is 2. The molecule has 10 heteroatoms. The Labute approximate surface area is 161 Å². The zero-order valence-corrected chi connectivity index (χ0v) is 15.6. The number of Topliss-reactive ketones (excluding diaryl/α,β-unsaturated/α-hetero) is 1. The topological polar surface area (TPSA) is 182 Å². The molecule has 7 N–H and O–H groups in total. The molecule has 1 unspecified atom stereocenters. The van der Waals surface area contributed by atoms with Gasteiger partial charge < -0.3 is 31.0 Å². The minimum Gasteiger partial charge on any atom is -0.497 e. The van der Waals surface area contributed by atoms with E-state index in [4.69, 9.17) is 31.1 Å². The van der Waals surface area contributed by atoms with Crippen molar-refractivity contribution in [3.8, 4) is 5.75 Å². The van der Waals surface area contributed by atoms with Crippen LogP contribution in [0.1, 0.15) is 13.3 Å². The highest BCUT2D eigenvalue weighted by atomic mass is 16.5. The zero-order valence-electron chi connectivity index (χ0n) is 15.6. The molecule has 0 fully saturated rings. The Bertz CT molecular complexity index is 895. The summed E-state index contributed by atoms with van der Waals surface area (Å²) in [5.74, 6) is -1.45. The fourth-order valence-corrected chi connectivity index (χ4v) is 2.20. The molecule has 1 aromatic heterocycles. The van der Waals surface area contributed by atoms with E-state index in [1.165, 1.54) is 13.0 Å². The average molecular weight is 392 g/mol. The van der Waals surface area contributed by atoms with E-state index in [9.17, 15) is 14.4 Å².